The first-order valence-corrected chi connectivity index (χ1v) is 14.8. The van der Waals surface area contributed by atoms with Gasteiger partial charge in [0, 0.05) is 29.4 Å². The Hall–Kier alpha value is -4.72. The minimum absolute atomic E-state index is 0.278. The topological polar surface area (TPSA) is 91.4 Å². The zero-order valence-corrected chi connectivity index (χ0v) is 26.5. The van der Waals surface area contributed by atoms with Crippen LogP contribution in [0.25, 0.3) is 17.0 Å². The van der Waals surface area contributed by atoms with Gasteiger partial charge in [0.15, 0.2) is 34.6 Å². The maximum absolute atomic E-state index is 11.4. The van der Waals surface area contributed by atoms with Crippen molar-refractivity contribution in [2.24, 2.45) is 4.99 Å². The van der Waals surface area contributed by atoms with Crippen molar-refractivity contribution in [3.63, 3.8) is 0 Å². The monoisotopic (exact) mass is 596 g/mol. The third-order valence-corrected chi connectivity index (χ3v) is 8.40. The number of rotatable bonds is 7. The van der Waals surface area contributed by atoms with Gasteiger partial charge in [-0.2, -0.15) is 0 Å². The summed E-state index contributed by atoms with van der Waals surface area (Å²) in [6.07, 6.45) is 6.33. The number of hydrogen-bond acceptors (Lipinski definition) is 7. The van der Waals surface area contributed by atoms with Crippen molar-refractivity contribution in [3.8, 4) is 23.0 Å². The van der Waals surface area contributed by atoms with E-state index in [2.05, 4.69) is 48.1 Å². The molecule has 0 saturated carbocycles. The number of carbonyl (C=O) groups excluding carboxylic acids is 1. The number of carbonyl (C=O) groups is 1. The smallest absolute Gasteiger partial charge is 0.363 e. The summed E-state index contributed by atoms with van der Waals surface area (Å²) in [5, 5.41) is 1.42. The Morgan fingerprint density at radius 3 is 2.23 bits per heavy atom. The van der Waals surface area contributed by atoms with Gasteiger partial charge >= 0.3 is 5.97 Å². The quantitative estimate of drug-likeness (QED) is 0.176. The molecule has 2 aliphatic rings. The van der Waals surface area contributed by atoms with E-state index in [0.717, 1.165) is 23.5 Å². The molecule has 8 heteroatoms. The molecule has 3 aromatic carbocycles. The summed E-state index contributed by atoms with van der Waals surface area (Å²) in [6, 6.07) is 16.2. The fourth-order valence-corrected chi connectivity index (χ4v) is 5.98. The number of aromatic nitrogens is 1. The third kappa shape index (κ3) is 6.30. The normalized spacial score (nSPS) is 16.5. The molecule has 0 fully saturated rings. The molecule has 1 unspecified atom stereocenters. The number of nitrogens with zero attached hydrogens (tertiary/aromatic N) is 1. The van der Waals surface area contributed by atoms with E-state index in [-0.39, 0.29) is 5.70 Å². The molecular formula is C36H40N2O6. The molecular weight excluding hydrogens is 556 g/mol. The third-order valence-electron chi connectivity index (χ3n) is 8.40. The number of aromatic amines is 1. The van der Waals surface area contributed by atoms with Crippen molar-refractivity contribution >= 4 is 28.8 Å². The molecule has 230 valence electrons. The van der Waals surface area contributed by atoms with Gasteiger partial charge in [-0.25, -0.2) is 9.79 Å². The highest BCUT2D eigenvalue weighted by Gasteiger charge is 2.25. The molecule has 0 spiro atoms. The van der Waals surface area contributed by atoms with Crippen molar-refractivity contribution in [1.82, 2.24) is 4.98 Å². The van der Waals surface area contributed by atoms with Crippen LogP contribution in [0.2, 0.25) is 0 Å². The molecule has 8 nitrogen and oxygen atoms in total. The second-order valence-corrected chi connectivity index (χ2v) is 11.1. The first-order chi connectivity index (χ1) is 21.3. The van der Waals surface area contributed by atoms with E-state index in [9.17, 15) is 4.79 Å². The lowest BCUT2D eigenvalue weighted by Crippen LogP contribution is -2.11. The van der Waals surface area contributed by atoms with Gasteiger partial charge < -0.3 is 28.7 Å². The molecule has 0 saturated heterocycles. The Kier molecular flexibility index (Phi) is 9.28. The van der Waals surface area contributed by atoms with E-state index < -0.39 is 5.97 Å². The van der Waals surface area contributed by atoms with Gasteiger partial charge in [-0.3, -0.25) is 0 Å². The highest BCUT2D eigenvalue weighted by molar-refractivity contribution is 6.06. The first-order valence-electron chi connectivity index (χ1n) is 14.8. The molecule has 1 N–H and O–H groups in total. The Labute approximate surface area is 258 Å². The maximum Gasteiger partial charge on any atom is 0.363 e. The van der Waals surface area contributed by atoms with E-state index in [1.54, 1.807) is 53.6 Å². The number of nitrogens with one attached hydrogen (secondary N) is 1. The number of cyclic esters (lactones) is 1. The Morgan fingerprint density at radius 1 is 0.886 bits per heavy atom. The fourth-order valence-electron chi connectivity index (χ4n) is 5.98. The number of fused-ring (bicyclic) bond motifs is 3. The summed E-state index contributed by atoms with van der Waals surface area (Å²) < 4.78 is 26.0. The molecule has 0 amide bonds. The van der Waals surface area contributed by atoms with Crippen molar-refractivity contribution < 1.29 is 28.5 Å². The molecule has 1 aliphatic carbocycles. The van der Waals surface area contributed by atoms with E-state index in [0.29, 0.717) is 23.3 Å². The molecule has 1 atom stereocenters. The SMILES string of the molecule is COc1ccc(/C=C2\N=C(C)OC2=O)cc1OC.COc1ccc(CC2CCCc3c2[nH]c2c(C)c(C)ccc32)cc1OC. The van der Waals surface area contributed by atoms with Crippen LogP contribution >= 0.6 is 0 Å². The van der Waals surface area contributed by atoms with Crippen LogP contribution in [0.5, 0.6) is 23.0 Å². The fraction of sp³-hybridized carbons (Fsp3) is 0.333. The predicted octanol–water partition coefficient (Wildman–Crippen LogP) is 7.48. The van der Waals surface area contributed by atoms with Gasteiger partial charge in [0.2, 0.25) is 0 Å². The summed E-state index contributed by atoms with van der Waals surface area (Å²) in [6.45, 7) is 6.05. The summed E-state index contributed by atoms with van der Waals surface area (Å²) in [7, 11) is 6.50. The molecule has 4 aromatic rings. The minimum Gasteiger partial charge on any atom is -0.493 e. The van der Waals surface area contributed by atoms with Gasteiger partial charge in [0.05, 0.1) is 28.4 Å². The zero-order chi connectivity index (χ0) is 31.4. The van der Waals surface area contributed by atoms with Gasteiger partial charge in [0.1, 0.15) is 0 Å². The van der Waals surface area contributed by atoms with Crippen LogP contribution < -0.4 is 18.9 Å². The number of aryl methyl sites for hydroxylation is 3. The molecule has 6 rings (SSSR count). The van der Waals surface area contributed by atoms with Crippen molar-refractivity contribution in [1.29, 1.82) is 0 Å². The van der Waals surface area contributed by atoms with Crippen LogP contribution in [0.3, 0.4) is 0 Å². The van der Waals surface area contributed by atoms with Crippen LogP contribution in [0.15, 0.2) is 59.2 Å². The molecule has 1 aromatic heterocycles. The minimum atomic E-state index is -0.442. The van der Waals surface area contributed by atoms with Crippen LogP contribution in [-0.2, 0) is 22.4 Å². The van der Waals surface area contributed by atoms with Gasteiger partial charge in [-0.05, 0) is 97.7 Å². The lowest BCUT2D eigenvalue weighted by atomic mass is 9.83. The maximum atomic E-state index is 11.4. The Morgan fingerprint density at radius 2 is 1.57 bits per heavy atom. The summed E-state index contributed by atoms with van der Waals surface area (Å²) in [5.74, 6) is 3.27. The average Bonchev–Trinajstić information content (AvgIpc) is 3.58. The van der Waals surface area contributed by atoms with Gasteiger partial charge in [0.25, 0.3) is 0 Å². The van der Waals surface area contributed by atoms with Crippen LogP contribution in [-0.4, -0.2) is 45.3 Å². The van der Waals surface area contributed by atoms with Gasteiger partial charge in [-0.15, -0.1) is 0 Å². The number of hydrogen-bond donors (Lipinski definition) is 1. The number of H-pyrrole nitrogens is 1. The summed E-state index contributed by atoms with van der Waals surface area (Å²) in [4.78, 5) is 19.2. The predicted molar refractivity (Wildman–Crippen MR) is 173 cm³/mol. The second kappa shape index (κ2) is 13.3. The standard InChI is InChI=1S/C23H27NO2.C13H13NO4/c1-14-8-10-19-18-7-5-6-17(23(18)24-22(19)15(14)2)12-16-9-11-20(25-3)21(13-16)26-4;1-8-14-10(13(15)18-8)6-9-4-5-11(16-2)12(7-9)17-3/h8-11,13,17,24H,5-7,12H2,1-4H3;4-7H,1-3H3/b;10-6-. The zero-order valence-electron chi connectivity index (χ0n) is 26.5. The lowest BCUT2D eigenvalue weighted by Gasteiger charge is -2.23. The van der Waals surface area contributed by atoms with Crippen LogP contribution in [0.4, 0.5) is 0 Å². The van der Waals surface area contributed by atoms with Gasteiger partial charge in [-0.1, -0.05) is 24.3 Å². The van der Waals surface area contributed by atoms with Crippen molar-refractivity contribution in [3.05, 3.63) is 87.7 Å². The summed E-state index contributed by atoms with van der Waals surface area (Å²) in [5.41, 5.74) is 9.39. The van der Waals surface area contributed by atoms with E-state index in [1.165, 1.54) is 58.1 Å². The van der Waals surface area contributed by atoms with Crippen molar-refractivity contribution in [2.45, 2.75) is 52.4 Å². The Bertz CT molecular complexity index is 1750. The number of benzene rings is 3. The highest BCUT2D eigenvalue weighted by atomic mass is 16.6. The van der Waals surface area contributed by atoms with Crippen LogP contribution in [0, 0.1) is 13.8 Å². The number of esters is 1. The molecule has 44 heavy (non-hydrogen) atoms. The summed E-state index contributed by atoms with van der Waals surface area (Å²) >= 11 is 0. The molecule has 1 aliphatic heterocycles. The molecule has 2 heterocycles. The van der Waals surface area contributed by atoms with E-state index >= 15 is 0 Å². The lowest BCUT2D eigenvalue weighted by molar-refractivity contribution is -0.130. The highest BCUT2D eigenvalue weighted by Crippen LogP contribution is 2.40. The number of aliphatic imine (C=N–C) groups is 1. The van der Waals surface area contributed by atoms with E-state index in [4.69, 9.17) is 23.7 Å². The average molecular weight is 597 g/mol. The second-order valence-electron chi connectivity index (χ2n) is 11.1. The number of methoxy groups -OCH3 is 4. The molecule has 0 bridgehead atoms. The largest absolute Gasteiger partial charge is 0.493 e. The Balaban J connectivity index is 0.000000187. The van der Waals surface area contributed by atoms with E-state index in [1.807, 2.05) is 12.1 Å². The first kappa shape index (κ1) is 30.7. The van der Waals surface area contributed by atoms with Crippen molar-refractivity contribution in [2.75, 3.05) is 28.4 Å². The molecule has 0 radical (unpaired) electrons. The van der Waals surface area contributed by atoms with Crippen LogP contribution in [0.1, 0.15) is 59.2 Å². The number of ether oxygens (including phenoxy) is 5.